The topological polar surface area (TPSA) is 28.9 Å². The molecule has 0 aliphatic heterocycles. The monoisotopic (exact) mass is 337 g/mol. The predicted molar refractivity (Wildman–Crippen MR) is 107 cm³/mol. The second kappa shape index (κ2) is 5.25. The molecule has 0 saturated carbocycles. The summed E-state index contributed by atoms with van der Waals surface area (Å²) in [5.74, 6) is 1.42. The number of hydrogen-bond donors (Lipinski definition) is 1. The number of para-hydroxylation sites is 1. The first-order chi connectivity index (χ1) is 12.9. The number of furan rings is 1. The number of aromatic amines is 1. The molecule has 0 spiro atoms. The lowest BCUT2D eigenvalue weighted by atomic mass is 9.86. The van der Waals surface area contributed by atoms with Crippen molar-refractivity contribution < 1.29 is 4.42 Å². The molecule has 2 aliphatic carbocycles. The Morgan fingerprint density at radius 3 is 2.81 bits per heavy atom. The van der Waals surface area contributed by atoms with Gasteiger partial charge in [0.25, 0.3) is 0 Å². The van der Waals surface area contributed by atoms with Crippen molar-refractivity contribution in [3.63, 3.8) is 0 Å². The van der Waals surface area contributed by atoms with Crippen molar-refractivity contribution in [3.05, 3.63) is 76.1 Å². The fraction of sp³-hybridized carbons (Fsp3) is 0.167. The van der Waals surface area contributed by atoms with E-state index in [0.717, 1.165) is 30.4 Å². The quantitative estimate of drug-likeness (QED) is 0.530. The molecular formula is C24H19NO. The van der Waals surface area contributed by atoms with Crippen LogP contribution in [0.25, 0.3) is 40.0 Å². The first-order valence-electron chi connectivity index (χ1n) is 9.38. The van der Waals surface area contributed by atoms with Gasteiger partial charge in [-0.05, 0) is 49.1 Å². The predicted octanol–water partition coefficient (Wildman–Crippen LogP) is 4.82. The Kier molecular flexibility index (Phi) is 2.87. The summed E-state index contributed by atoms with van der Waals surface area (Å²) in [5.41, 5.74) is 6.07. The molecule has 0 bridgehead atoms. The van der Waals surface area contributed by atoms with Gasteiger partial charge in [-0.1, -0.05) is 42.5 Å². The number of rotatable bonds is 1. The van der Waals surface area contributed by atoms with Crippen LogP contribution in [-0.4, -0.2) is 4.98 Å². The van der Waals surface area contributed by atoms with Crippen LogP contribution in [0.3, 0.4) is 0 Å². The first kappa shape index (κ1) is 14.2. The van der Waals surface area contributed by atoms with E-state index in [4.69, 9.17) is 4.42 Å². The van der Waals surface area contributed by atoms with E-state index in [1.807, 2.05) is 0 Å². The molecule has 0 saturated heterocycles. The summed E-state index contributed by atoms with van der Waals surface area (Å²) >= 11 is 0. The van der Waals surface area contributed by atoms with Crippen LogP contribution in [0.15, 0.2) is 53.0 Å². The van der Waals surface area contributed by atoms with Crippen LogP contribution in [0.4, 0.5) is 0 Å². The van der Waals surface area contributed by atoms with Crippen LogP contribution >= 0.6 is 0 Å². The highest BCUT2D eigenvalue weighted by atomic mass is 16.3. The second-order valence-corrected chi connectivity index (χ2v) is 7.31. The molecule has 2 nitrogen and oxygen atoms in total. The minimum absolute atomic E-state index is 0.292. The molecule has 0 amide bonds. The van der Waals surface area contributed by atoms with Crippen LogP contribution in [0, 0.1) is 0 Å². The van der Waals surface area contributed by atoms with Gasteiger partial charge in [0.05, 0.1) is 0 Å². The van der Waals surface area contributed by atoms with Crippen LogP contribution in [0.2, 0.25) is 0 Å². The summed E-state index contributed by atoms with van der Waals surface area (Å²) < 4.78 is 6.33. The normalized spacial score (nSPS) is 18.4. The van der Waals surface area contributed by atoms with Crippen LogP contribution in [0.1, 0.15) is 42.1 Å². The summed E-state index contributed by atoms with van der Waals surface area (Å²) in [6.07, 6.45) is 12.3. The molecule has 26 heavy (non-hydrogen) atoms. The van der Waals surface area contributed by atoms with E-state index >= 15 is 0 Å². The van der Waals surface area contributed by atoms with E-state index in [1.54, 1.807) is 0 Å². The zero-order chi connectivity index (χ0) is 17.1. The van der Waals surface area contributed by atoms with Crippen LogP contribution in [-0.2, 0) is 0 Å². The van der Waals surface area contributed by atoms with Gasteiger partial charge < -0.3 is 9.40 Å². The maximum atomic E-state index is 6.33. The Bertz CT molecular complexity index is 1320. The minimum Gasteiger partial charge on any atom is -0.460 e. The molecule has 2 aromatic heterocycles. The van der Waals surface area contributed by atoms with E-state index in [9.17, 15) is 0 Å². The lowest BCUT2D eigenvalue weighted by Crippen LogP contribution is -2.24. The molecule has 0 radical (unpaired) electrons. The smallest absolute Gasteiger partial charge is 0.130 e. The number of H-pyrrole nitrogens is 1. The fourth-order valence-electron chi connectivity index (χ4n) is 4.53. The number of hydrogen-bond acceptors (Lipinski definition) is 1. The van der Waals surface area contributed by atoms with Gasteiger partial charge in [0, 0.05) is 38.5 Å². The van der Waals surface area contributed by atoms with Crippen LogP contribution in [0.5, 0.6) is 0 Å². The maximum absolute atomic E-state index is 6.33. The van der Waals surface area contributed by atoms with Crippen molar-refractivity contribution in [2.75, 3.05) is 0 Å². The third-order valence-electron chi connectivity index (χ3n) is 5.79. The van der Waals surface area contributed by atoms with Gasteiger partial charge in [0.1, 0.15) is 11.2 Å². The second-order valence-electron chi connectivity index (χ2n) is 7.31. The van der Waals surface area contributed by atoms with Crippen LogP contribution < -0.4 is 10.6 Å². The van der Waals surface area contributed by atoms with Crippen molar-refractivity contribution in [3.8, 4) is 0 Å². The zero-order valence-corrected chi connectivity index (χ0v) is 14.5. The lowest BCUT2D eigenvalue weighted by Gasteiger charge is -2.18. The average molecular weight is 337 g/mol. The van der Waals surface area contributed by atoms with Gasteiger partial charge in [-0.3, -0.25) is 0 Å². The van der Waals surface area contributed by atoms with Gasteiger partial charge in [-0.15, -0.1) is 0 Å². The molecule has 0 fully saturated rings. The molecule has 6 rings (SSSR count). The van der Waals surface area contributed by atoms with Gasteiger partial charge in [-0.25, -0.2) is 0 Å². The average Bonchev–Trinajstić information content (AvgIpc) is 3.25. The maximum Gasteiger partial charge on any atom is 0.130 e. The Hall–Kier alpha value is -3.00. The van der Waals surface area contributed by atoms with Crippen molar-refractivity contribution in [1.82, 2.24) is 4.98 Å². The Labute approximate surface area is 151 Å². The summed E-state index contributed by atoms with van der Waals surface area (Å²) in [6.45, 7) is 0. The van der Waals surface area contributed by atoms with Crippen molar-refractivity contribution in [2.45, 2.75) is 25.2 Å². The Morgan fingerprint density at radius 2 is 1.81 bits per heavy atom. The largest absolute Gasteiger partial charge is 0.460 e. The van der Waals surface area contributed by atoms with Crippen molar-refractivity contribution >= 4 is 40.0 Å². The van der Waals surface area contributed by atoms with E-state index in [0.29, 0.717) is 5.92 Å². The van der Waals surface area contributed by atoms with E-state index in [1.165, 1.54) is 38.2 Å². The van der Waals surface area contributed by atoms with Crippen molar-refractivity contribution in [2.24, 2.45) is 0 Å². The van der Waals surface area contributed by atoms with E-state index < -0.39 is 0 Å². The van der Waals surface area contributed by atoms with Crippen molar-refractivity contribution in [1.29, 1.82) is 0 Å². The van der Waals surface area contributed by atoms with E-state index in [-0.39, 0.29) is 0 Å². The van der Waals surface area contributed by atoms with Gasteiger partial charge in [-0.2, -0.15) is 0 Å². The minimum atomic E-state index is 0.292. The molecule has 2 heterocycles. The highest BCUT2D eigenvalue weighted by Gasteiger charge is 2.25. The first-order valence-corrected chi connectivity index (χ1v) is 9.38. The molecule has 2 aliphatic rings. The molecule has 4 aromatic rings. The van der Waals surface area contributed by atoms with Gasteiger partial charge in [0.2, 0.25) is 0 Å². The molecule has 1 atom stereocenters. The highest BCUT2D eigenvalue weighted by molar-refractivity contribution is 6.07. The standard InChI is InChI=1S/C24H19NO/c1-3-10-21-17(6-1)20-14-15(12-13-22(20)25-21)16-8-5-9-19-18-7-2-4-11-23(18)26-24(16)19/h1,3,5-7,9-14,16,25H,2,4,8H2. The number of allylic oxidation sites excluding steroid dienone is 1. The summed E-state index contributed by atoms with van der Waals surface area (Å²) in [4.78, 5) is 3.52. The summed E-state index contributed by atoms with van der Waals surface area (Å²) in [6, 6.07) is 15.3. The Balaban J connectivity index is 1.57. The number of nitrogens with one attached hydrogen (secondary N) is 1. The SMILES string of the molecule is C1=Cc2c(oc3c2=CCCC=3)C(c2ccc3[nH]c4ccccc4c3c2)C1. The third kappa shape index (κ3) is 1.93. The molecule has 2 heteroatoms. The summed E-state index contributed by atoms with van der Waals surface area (Å²) in [5, 5.41) is 3.88. The molecule has 2 aromatic carbocycles. The van der Waals surface area contributed by atoms with Gasteiger partial charge >= 0.3 is 0 Å². The third-order valence-corrected chi connectivity index (χ3v) is 5.79. The van der Waals surface area contributed by atoms with E-state index in [2.05, 4.69) is 71.8 Å². The number of benzene rings is 2. The molecule has 1 unspecified atom stereocenters. The highest BCUT2D eigenvalue weighted by Crippen LogP contribution is 2.36. The van der Waals surface area contributed by atoms with Gasteiger partial charge in [0.15, 0.2) is 0 Å². The number of fused-ring (bicyclic) bond motifs is 6. The number of aromatic nitrogens is 1. The fourth-order valence-corrected chi connectivity index (χ4v) is 4.53. The Morgan fingerprint density at radius 1 is 0.923 bits per heavy atom. The summed E-state index contributed by atoms with van der Waals surface area (Å²) in [7, 11) is 0. The molecular weight excluding hydrogens is 318 g/mol. The molecule has 126 valence electrons. The zero-order valence-electron chi connectivity index (χ0n) is 14.5. The molecule has 1 N–H and O–H groups in total. The lowest BCUT2D eigenvalue weighted by molar-refractivity contribution is 0.456.